The van der Waals surface area contributed by atoms with Crippen molar-refractivity contribution in [2.45, 2.75) is 18.9 Å². The molecule has 0 bridgehead atoms. The van der Waals surface area contributed by atoms with Crippen molar-refractivity contribution >= 4 is 18.0 Å². The summed E-state index contributed by atoms with van der Waals surface area (Å²) in [7, 11) is 1.56. The van der Waals surface area contributed by atoms with Crippen molar-refractivity contribution in [1.29, 1.82) is 0 Å². The maximum atomic E-state index is 10.9. The number of aldehydes is 1. The molecule has 0 aromatic heterocycles. The topological polar surface area (TPSA) is 35.5 Å². The third kappa shape index (κ3) is 2.94. The normalized spacial score (nSPS) is 19.7. The fraction of sp³-hybridized carbons (Fsp3) is 0.462. The number of methoxy groups -OCH3 is 1. The lowest BCUT2D eigenvalue weighted by Gasteiger charge is -2.23. The van der Waals surface area contributed by atoms with Gasteiger partial charge in [0.25, 0.3) is 0 Å². The summed E-state index contributed by atoms with van der Waals surface area (Å²) < 4.78 is 11.2. The Hall–Kier alpha value is -1.16. The van der Waals surface area contributed by atoms with Crippen LogP contribution >= 0.6 is 11.8 Å². The molecule has 0 aliphatic carbocycles. The molecule has 4 heteroatoms. The summed E-state index contributed by atoms with van der Waals surface area (Å²) in [5.41, 5.74) is 0.536. The van der Waals surface area contributed by atoms with Crippen molar-refractivity contribution in [3.05, 3.63) is 23.8 Å². The Morgan fingerprint density at radius 2 is 2.35 bits per heavy atom. The number of ether oxygens (including phenoxy) is 2. The number of rotatable bonds is 4. The highest BCUT2D eigenvalue weighted by molar-refractivity contribution is 7.99. The second-order valence-electron chi connectivity index (χ2n) is 3.95. The quantitative estimate of drug-likeness (QED) is 0.772. The Morgan fingerprint density at radius 1 is 1.47 bits per heavy atom. The number of hydrogen-bond acceptors (Lipinski definition) is 4. The number of para-hydroxylation sites is 1. The van der Waals surface area contributed by atoms with Crippen LogP contribution in [0.25, 0.3) is 0 Å². The van der Waals surface area contributed by atoms with Gasteiger partial charge in [0.1, 0.15) is 6.10 Å². The van der Waals surface area contributed by atoms with Gasteiger partial charge in [0.2, 0.25) is 0 Å². The fourth-order valence-corrected chi connectivity index (χ4v) is 2.96. The molecule has 1 aromatic rings. The van der Waals surface area contributed by atoms with Gasteiger partial charge < -0.3 is 9.47 Å². The molecule has 1 saturated heterocycles. The van der Waals surface area contributed by atoms with Gasteiger partial charge in [0, 0.05) is 5.75 Å². The van der Waals surface area contributed by atoms with Crippen LogP contribution in [-0.2, 0) is 0 Å². The molecule has 2 rings (SSSR count). The van der Waals surface area contributed by atoms with Crippen LogP contribution in [0, 0.1) is 0 Å². The van der Waals surface area contributed by atoms with Gasteiger partial charge in [-0.25, -0.2) is 0 Å². The van der Waals surface area contributed by atoms with Crippen LogP contribution in [-0.4, -0.2) is 31.0 Å². The van der Waals surface area contributed by atoms with E-state index in [4.69, 9.17) is 9.47 Å². The number of thioether (sulfide) groups is 1. The molecule has 1 unspecified atom stereocenters. The van der Waals surface area contributed by atoms with Crippen LogP contribution in [0.5, 0.6) is 11.5 Å². The Bertz CT molecular complexity index is 386. The third-order valence-electron chi connectivity index (χ3n) is 2.75. The molecule has 0 amide bonds. The molecular weight excluding hydrogens is 236 g/mol. The van der Waals surface area contributed by atoms with Gasteiger partial charge in [-0.3, -0.25) is 4.79 Å². The molecule has 1 aliphatic heterocycles. The van der Waals surface area contributed by atoms with Gasteiger partial charge in [-0.2, -0.15) is 11.8 Å². The summed E-state index contributed by atoms with van der Waals surface area (Å²) in [6, 6.07) is 5.40. The zero-order valence-corrected chi connectivity index (χ0v) is 10.7. The SMILES string of the molecule is COc1c(C=O)cccc1OC1CCCSC1. The Labute approximate surface area is 105 Å². The first-order valence-corrected chi connectivity index (χ1v) is 6.87. The monoisotopic (exact) mass is 252 g/mol. The van der Waals surface area contributed by atoms with Crippen LogP contribution in [0.1, 0.15) is 23.2 Å². The molecule has 1 aromatic carbocycles. The third-order valence-corrected chi connectivity index (χ3v) is 3.94. The molecular formula is C13H16O3S. The lowest BCUT2D eigenvalue weighted by molar-refractivity contribution is 0.111. The van der Waals surface area contributed by atoms with E-state index in [9.17, 15) is 4.79 Å². The Morgan fingerprint density at radius 3 is 3.00 bits per heavy atom. The first kappa shape index (κ1) is 12.3. The molecule has 17 heavy (non-hydrogen) atoms. The molecule has 92 valence electrons. The minimum absolute atomic E-state index is 0.226. The highest BCUT2D eigenvalue weighted by Crippen LogP contribution is 2.32. The maximum Gasteiger partial charge on any atom is 0.171 e. The van der Waals surface area contributed by atoms with E-state index < -0.39 is 0 Å². The zero-order chi connectivity index (χ0) is 12.1. The molecule has 1 aliphatic rings. The Balaban J connectivity index is 2.16. The second-order valence-corrected chi connectivity index (χ2v) is 5.10. The molecule has 0 saturated carbocycles. The number of hydrogen-bond donors (Lipinski definition) is 0. The van der Waals surface area contributed by atoms with Gasteiger partial charge in [0.05, 0.1) is 12.7 Å². The summed E-state index contributed by atoms with van der Waals surface area (Å²) in [4.78, 5) is 10.9. The average molecular weight is 252 g/mol. The number of carbonyl (C=O) groups excluding carboxylic acids is 1. The molecule has 1 heterocycles. The lowest BCUT2D eigenvalue weighted by atomic mass is 10.2. The van der Waals surface area contributed by atoms with Gasteiger partial charge in [0.15, 0.2) is 17.8 Å². The Kier molecular flexibility index (Phi) is 4.31. The first-order chi connectivity index (χ1) is 8.35. The van der Waals surface area contributed by atoms with E-state index >= 15 is 0 Å². The van der Waals surface area contributed by atoms with E-state index in [2.05, 4.69) is 0 Å². The van der Waals surface area contributed by atoms with E-state index in [1.807, 2.05) is 23.9 Å². The van der Waals surface area contributed by atoms with E-state index in [1.165, 1.54) is 12.2 Å². The van der Waals surface area contributed by atoms with Crippen molar-refractivity contribution in [2.75, 3.05) is 18.6 Å². The standard InChI is InChI=1S/C13H16O3S/c1-15-13-10(8-14)4-2-6-12(13)16-11-5-3-7-17-9-11/h2,4,6,8,11H,3,5,7,9H2,1H3. The maximum absolute atomic E-state index is 10.9. The predicted molar refractivity (Wildman–Crippen MR) is 69.4 cm³/mol. The van der Waals surface area contributed by atoms with Crippen molar-refractivity contribution in [3.63, 3.8) is 0 Å². The molecule has 0 N–H and O–H groups in total. The predicted octanol–water partition coefficient (Wildman–Crippen LogP) is 2.78. The highest BCUT2D eigenvalue weighted by Gasteiger charge is 2.18. The largest absolute Gasteiger partial charge is 0.492 e. The smallest absolute Gasteiger partial charge is 0.171 e. The van der Waals surface area contributed by atoms with Gasteiger partial charge >= 0.3 is 0 Å². The summed E-state index contributed by atoms with van der Waals surface area (Å²) >= 11 is 1.91. The zero-order valence-electron chi connectivity index (χ0n) is 9.85. The molecule has 1 fully saturated rings. The lowest BCUT2D eigenvalue weighted by Crippen LogP contribution is -2.23. The minimum atomic E-state index is 0.226. The number of benzene rings is 1. The summed E-state index contributed by atoms with van der Waals surface area (Å²) in [6.07, 6.45) is 3.28. The van der Waals surface area contributed by atoms with Crippen LogP contribution < -0.4 is 9.47 Å². The minimum Gasteiger partial charge on any atom is -0.492 e. The van der Waals surface area contributed by atoms with Crippen molar-refractivity contribution in [2.24, 2.45) is 0 Å². The van der Waals surface area contributed by atoms with Gasteiger partial charge in [-0.1, -0.05) is 6.07 Å². The molecule has 0 spiro atoms. The van der Waals surface area contributed by atoms with Crippen LogP contribution in [0.4, 0.5) is 0 Å². The summed E-state index contributed by atoms with van der Waals surface area (Å²) in [5.74, 6) is 3.43. The van der Waals surface area contributed by atoms with Crippen molar-refractivity contribution in [1.82, 2.24) is 0 Å². The molecule has 1 atom stereocenters. The van der Waals surface area contributed by atoms with E-state index in [-0.39, 0.29) is 6.10 Å². The summed E-state index contributed by atoms with van der Waals surface area (Å²) in [6.45, 7) is 0. The average Bonchev–Trinajstić information content (AvgIpc) is 2.39. The second kappa shape index (κ2) is 5.96. The highest BCUT2D eigenvalue weighted by atomic mass is 32.2. The van der Waals surface area contributed by atoms with E-state index in [1.54, 1.807) is 13.2 Å². The number of carbonyl (C=O) groups is 1. The van der Waals surface area contributed by atoms with E-state index in [0.29, 0.717) is 17.1 Å². The van der Waals surface area contributed by atoms with Crippen molar-refractivity contribution < 1.29 is 14.3 Å². The van der Waals surface area contributed by atoms with Crippen LogP contribution in [0.3, 0.4) is 0 Å². The van der Waals surface area contributed by atoms with Crippen LogP contribution in [0.2, 0.25) is 0 Å². The molecule has 0 radical (unpaired) electrons. The van der Waals surface area contributed by atoms with Gasteiger partial charge in [-0.15, -0.1) is 0 Å². The first-order valence-electron chi connectivity index (χ1n) is 5.71. The van der Waals surface area contributed by atoms with Crippen LogP contribution in [0.15, 0.2) is 18.2 Å². The summed E-state index contributed by atoms with van der Waals surface area (Å²) in [5, 5.41) is 0. The van der Waals surface area contributed by atoms with E-state index in [0.717, 1.165) is 18.5 Å². The van der Waals surface area contributed by atoms with Crippen molar-refractivity contribution in [3.8, 4) is 11.5 Å². The van der Waals surface area contributed by atoms with Gasteiger partial charge in [-0.05, 0) is 30.7 Å². The molecule has 3 nitrogen and oxygen atoms in total. The fourth-order valence-electron chi connectivity index (χ4n) is 1.92.